The molecule has 0 aromatic carbocycles. The summed E-state index contributed by atoms with van der Waals surface area (Å²) >= 11 is 0. The summed E-state index contributed by atoms with van der Waals surface area (Å²) in [6, 6.07) is 0. The minimum atomic E-state index is -0.669. The van der Waals surface area contributed by atoms with Gasteiger partial charge in [0.25, 0.3) is 0 Å². The molecule has 0 fully saturated rings. The summed E-state index contributed by atoms with van der Waals surface area (Å²) in [6.45, 7) is 11.4. The van der Waals surface area contributed by atoms with Crippen LogP contribution in [0.5, 0.6) is 0 Å². The van der Waals surface area contributed by atoms with Gasteiger partial charge >= 0.3 is 17.9 Å². The van der Waals surface area contributed by atoms with E-state index in [0.717, 1.165) is 122 Å². The van der Waals surface area contributed by atoms with E-state index in [1.165, 1.54) is 6.92 Å². The van der Waals surface area contributed by atoms with Gasteiger partial charge in [-0.05, 0) is 91.1 Å². The number of aliphatic hydroxyl groups excluding tert-OH is 2. The van der Waals surface area contributed by atoms with Gasteiger partial charge in [-0.2, -0.15) is 0 Å². The molecule has 63 heavy (non-hydrogen) atoms. The summed E-state index contributed by atoms with van der Waals surface area (Å²) < 4.78 is 15.6. The van der Waals surface area contributed by atoms with Gasteiger partial charge in [0.15, 0.2) is 0 Å². The molecule has 368 valence electrons. The maximum absolute atomic E-state index is 12.1. The summed E-state index contributed by atoms with van der Waals surface area (Å²) in [5.41, 5.74) is 0. The number of nitrogens with one attached hydrogen (secondary N) is 2. The van der Waals surface area contributed by atoms with Crippen LogP contribution >= 0.6 is 0 Å². The average molecular weight is 896 g/mol. The minimum absolute atomic E-state index is 0.0264. The highest BCUT2D eigenvalue weighted by Crippen LogP contribution is 2.17. The van der Waals surface area contributed by atoms with Crippen molar-refractivity contribution in [3.63, 3.8) is 0 Å². The Morgan fingerprint density at radius 1 is 0.556 bits per heavy atom. The van der Waals surface area contributed by atoms with Crippen LogP contribution in [0, 0.1) is 0 Å². The van der Waals surface area contributed by atoms with Crippen LogP contribution in [0.2, 0.25) is 0 Å². The first kappa shape index (κ1) is 61.8. The van der Waals surface area contributed by atoms with Crippen LogP contribution in [-0.4, -0.2) is 110 Å². The van der Waals surface area contributed by atoms with Gasteiger partial charge in [-0.1, -0.05) is 116 Å². The molecule has 0 aromatic heterocycles. The molecule has 0 aliphatic carbocycles. The zero-order valence-electron chi connectivity index (χ0n) is 40.9. The number of esters is 3. The second-order valence-electron chi connectivity index (χ2n) is 16.8. The van der Waals surface area contributed by atoms with E-state index in [4.69, 9.17) is 9.47 Å². The molecule has 0 radical (unpaired) electrons. The first-order valence-corrected chi connectivity index (χ1v) is 24.7. The van der Waals surface area contributed by atoms with Gasteiger partial charge in [-0.3, -0.25) is 24.0 Å². The van der Waals surface area contributed by atoms with Crippen LogP contribution in [0.4, 0.5) is 0 Å². The van der Waals surface area contributed by atoms with Crippen LogP contribution in [-0.2, 0) is 38.2 Å². The van der Waals surface area contributed by atoms with Gasteiger partial charge in [0, 0.05) is 52.2 Å². The summed E-state index contributed by atoms with van der Waals surface area (Å²) in [7, 11) is 3.87. The van der Waals surface area contributed by atoms with Crippen molar-refractivity contribution in [1.82, 2.24) is 15.5 Å². The van der Waals surface area contributed by atoms with Crippen molar-refractivity contribution in [1.29, 1.82) is 0 Å². The summed E-state index contributed by atoms with van der Waals surface area (Å²) in [6.07, 6.45) is 28.3. The van der Waals surface area contributed by atoms with Gasteiger partial charge in [-0.15, -0.1) is 0 Å². The number of nitrogens with zero attached hydrogens (tertiary/aromatic N) is 1. The summed E-state index contributed by atoms with van der Waals surface area (Å²) in [5, 5.41) is 26.8. The number of allylic oxidation sites excluding steroid dienone is 2. The highest BCUT2D eigenvalue weighted by Gasteiger charge is 2.22. The number of unbranched alkanes of at least 4 members (excludes halogenated alkanes) is 14. The molecular formula is C50H93N3O10. The lowest BCUT2D eigenvalue weighted by Crippen LogP contribution is -2.34. The predicted octanol–water partition coefficient (Wildman–Crippen LogP) is 9.21. The van der Waals surface area contributed by atoms with Gasteiger partial charge in [0.05, 0.1) is 12.2 Å². The third-order valence-corrected chi connectivity index (χ3v) is 10.4. The lowest BCUT2D eigenvalue weighted by atomic mass is 10.0. The first-order chi connectivity index (χ1) is 30.3. The monoisotopic (exact) mass is 896 g/mol. The first-order valence-electron chi connectivity index (χ1n) is 24.7. The Hall–Kier alpha value is -3.29. The van der Waals surface area contributed by atoms with E-state index in [-0.39, 0.29) is 29.7 Å². The van der Waals surface area contributed by atoms with Gasteiger partial charge in [0.2, 0.25) is 11.8 Å². The number of rotatable bonds is 40. The van der Waals surface area contributed by atoms with E-state index in [1.54, 1.807) is 13.8 Å². The Bertz CT molecular complexity index is 1120. The van der Waals surface area contributed by atoms with Crippen molar-refractivity contribution in [3.8, 4) is 0 Å². The normalized spacial score (nSPS) is 13.2. The van der Waals surface area contributed by atoms with Crippen LogP contribution in [0.15, 0.2) is 24.3 Å². The number of carbonyl (C=O) groups excluding carboxylic acids is 5. The SMILES string of the molecule is CC(=O)OCCN(C)C.CCCCCC(OC(=O)CC)C(O)CC=CCCCCCCCC(=O)NCCNC(=O)CCCCCCCC=CCC(O)C(CCCCC)OC(=O)CC. The van der Waals surface area contributed by atoms with Crippen molar-refractivity contribution in [2.45, 2.75) is 226 Å². The van der Waals surface area contributed by atoms with E-state index in [0.29, 0.717) is 71.1 Å². The van der Waals surface area contributed by atoms with Crippen LogP contribution < -0.4 is 10.6 Å². The Morgan fingerprint density at radius 2 is 0.952 bits per heavy atom. The van der Waals surface area contributed by atoms with Gasteiger partial charge in [-0.25, -0.2) is 0 Å². The van der Waals surface area contributed by atoms with Crippen LogP contribution in [0.1, 0.15) is 202 Å². The number of ether oxygens (including phenoxy) is 3. The van der Waals surface area contributed by atoms with E-state index in [1.807, 2.05) is 31.1 Å². The third kappa shape index (κ3) is 43.7. The maximum atomic E-state index is 12.1. The van der Waals surface area contributed by atoms with E-state index >= 15 is 0 Å². The molecule has 0 aliphatic rings. The number of hydrogen-bond donors (Lipinski definition) is 4. The lowest BCUT2D eigenvalue weighted by Gasteiger charge is -2.22. The van der Waals surface area contributed by atoms with Crippen molar-refractivity contribution in [2.24, 2.45) is 0 Å². The number of hydrogen-bond acceptors (Lipinski definition) is 11. The van der Waals surface area contributed by atoms with E-state index in [9.17, 15) is 34.2 Å². The molecule has 0 aromatic rings. The molecule has 0 heterocycles. The van der Waals surface area contributed by atoms with Crippen LogP contribution in [0.3, 0.4) is 0 Å². The molecule has 0 saturated heterocycles. The molecule has 4 unspecified atom stereocenters. The Balaban J connectivity index is 0. The Morgan fingerprint density at radius 3 is 1.32 bits per heavy atom. The molecule has 0 bridgehead atoms. The van der Waals surface area contributed by atoms with Crippen molar-refractivity contribution in [3.05, 3.63) is 24.3 Å². The molecule has 2 amide bonds. The fourth-order valence-electron chi connectivity index (χ4n) is 6.47. The van der Waals surface area contributed by atoms with Crippen molar-refractivity contribution >= 4 is 29.7 Å². The van der Waals surface area contributed by atoms with Gasteiger partial charge < -0.3 is 40.0 Å². The zero-order chi connectivity index (χ0) is 47.4. The largest absolute Gasteiger partial charge is 0.465 e. The number of carbonyl (C=O) groups is 5. The molecular weight excluding hydrogens is 803 g/mol. The van der Waals surface area contributed by atoms with Gasteiger partial charge in [0.1, 0.15) is 18.8 Å². The third-order valence-electron chi connectivity index (χ3n) is 10.4. The standard InChI is InChI=1S/C44H80N2O8.C6H13NO2/c1-5-9-23-31-39(53-43(51)7-3)37(47)29-25-19-15-11-13-17-21-27-33-41(49)45-35-36-46-42(50)34-28-22-18-14-12-16-20-26-30-38(48)40(32-24-10-6-2)54-44(52)8-4;1-6(8)9-5-4-7(2)3/h19-20,25-26,37-40,47-48H,5-18,21-24,27-36H2,1-4H3,(H,45,49)(H,46,50);4-5H2,1-3H3. The quantitative estimate of drug-likeness (QED) is 0.0199. The zero-order valence-corrected chi connectivity index (χ0v) is 40.9. The van der Waals surface area contributed by atoms with Crippen molar-refractivity contribution in [2.75, 3.05) is 40.3 Å². The van der Waals surface area contributed by atoms with Crippen molar-refractivity contribution < 1.29 is 48.4 Å². The second kappa shape index (κ2) is 45.3. The predicted molar refractivity (Wildman–Crippen MR) is 254 cm³/mol. The highest BCUT2D eigenvalue weighted by atomic mass is 16.6. The summed E-state index contributed by atoms with van der Waals surface area (Å²) in [5.74, 6) is -0.679. The fraction of sp³-hybridized carbons (Fsp3) is 0.820. The summed E-state index contributed by atoms with van der Waals surface area (Å²) in [4.78, 5) is 59.9. The molecule has 13 heteroatoms. The average Bonchev–Trinajstić information content (AvgIpc) is 3.25. The molecule has 0 saturated carbocycles. The number of amides is 2. The fourth-order valence-corrected chi connectivity index (χ4v) is 6.47. The lowest BCUT2D eigenvalue weighted by molar-refractivity contribution is -0.155. The van der Waals surface area contributed by atoms with E-state index < -0.39 is 24.4 Å². The molecule has 4 N–H and O–H groups in total. The molecule has 4 atom stereocenters. The second-order valence-corrected chi connectivity index (χ2v) is 16.8. The topological polar surface area (TPSA) is 181 Å². The Kier molecular flexibility index (Phi) is 44.4. The highest BCUT2D eigenvalue weighted by molar-refractivity contribution is 5.77. The number of likely N-dealkylation sites (N-methyl/N-ethyl adjacent to an activating group) is 1. The molecule has 0 aliphatic heterocycles. The van der Waals surface area contributed by atoms with Crippen LogP contribution in [0.25, 0.3) is 0 Å². The minimum Gasteiger partial charge on any atom is -0.465 e. The number of aliphatic hydroxyl groups is 2. The molecule has 13 nitrogen and oxygen atoms in total. The Labute approximate surface area is 383 Å². The molecule has 0 spiro atoms. The maximum Gasteiger partial charge on any atom is 0.305 e. The molecule has 0 rings (SSSR count). The van der Waals surface area contributed by atoms with E-state index in [2.05, 4.69) is 41.4 Å². The smallest absolute Gasteiger partial charge is 0.305 e.